The lowest BCUT2D eigenvalue weighted by atomic mass is 10.1. The summed E-state index contributed by atoms with van der Waals surface area (Å²) in [7, 11) is 0. The summed E-state index contributed by atoms with van der Waals surface area (Å²) in [6.07, 6.45) is 0.794. The van der Waals surface area contributed by atoms with E-state index in [1.54, 1.807) is 29.2 Å². The first kappa shape index (κ1) is 19.6. The molecule has 0 aromatic heterocycles. The average Bonchev–Trinajstić information content (AvgIpc) is 2.61. The van der Waals surface area contributed by atoms with Crippen LogP contribution < -0.4 is 5.32 Å². The quantitative estimate of drug-likeness (QED) is 0.787. The van der Waals surface area contributed by atoms with E-state index in [4.69, 9.17) is 0 Å². The van der Waals surface area contributed by atoms with Crippen molar-refractivity contribution in [2.75, 3.05) is 13.1 Å². The maximum absolute atomic E-state index is 12.9. The van der Waals surface area contributed by atoms with Crippen LogP contribution in [0.1, 0.15) is 24.5 Å². The lowest BCUT2D eigenvalue weighted by Gasteiger charge is -2.21. The molecule has 0 aliphatic heterocycles. The van der Waals surface area contributed by atoms with Crippen molar-refractivity contribution in [2.24, 2.45) is 0 Å². The molecular weight excluding hydrogens is 338 g/mol. The molecule has 0 heterocycles. The van der Waals surface area contributed by atoms with Crippen LogP contribution in [0.4, 0.5) is 8.78 Å². The predicted octanol–water partition coefficient (Wildman–Crippen LogP) is 3.06. The van der Waals surface area contributed by atoms with Crippen molar-refractivity contribution >= 4 is 11.8 Å². The van der Waals surface area contributed by atoms with Crippen molar-refractivity contribution in [3.8, 4) is 0 Å². The Kier molecular flexibility index (Phi) is 7.26. The van der Waals surface area contributed by atoms with Crippen LogP contribution in [0.5, 0.6) is 0 Å². The van der Waals surface area contributed by atoms with E-state index >= 15 is 0 Å². The Balaban J connectivity index is 1.75. The van der Waals surface area contributed by atoms with Crippen LogP contribution in [0.3, 0.4) is 0 Å². The van der Waals surface area contributed by atoms with E-state index < -0.39 is 0 Å². The summed E-state index contributed by atoms with van der Waals surface area (Å²) in [5.74, 6) is -0.919. The molecule has 138 valence electrons. The predicted molar refractivity (Wildman–Crippen MR) is 95.2 cm³/mol. The molecule has 0 saturated heterocycles. The number of nitrogens with zero attached hydrogens (tertiary/aromatic N) is 1. The van der Waals surface area contributed by atoms with Crippen LogP contribution in [-0.4, -0.2) is 29.8 Å². The summed E-state index contributed by atoms with van der Waals surface area (Å²) >= 11 is 0. The fraction of sp³-hybridized carbons (Fsp3) is 0.300. The van der Waals surface area contributed by atoms with E-state index in [1.165, 1.54) is 31.2 Å². The highest BCUT2D eigenvalue weighted by atomic mass is 19.1. The first-order chi connectivity index (χ1) is 12.4. The molecule has 1 N–H and O–H groups in total. The second-order valence-electron chi connectivity index (χ2n) is 6.04. The van der Waals surface area contributed by atoms with Gasteiger partial charge in [-0.1, -0.05) is 24.3 Å². The first-order valence-corrected chi connectivity index (χ1v) is 8.45. The summed E-state index contributed by atoms with van der Waals surface area (Å²) in [5, 5.41) is 2.79. The van der Waals surface area contributed by atoms with E-state index in [1.807, 2.05) is 0 Å². The van der Waals surface area contributed by atoms with Gasteiger partial charge in [0, 0.05) is 33.0 Å². The fourth-order valence-electron chi connectivity index (χ4n) is 2.48. The second-order valence-corrected chi connectivity index (χ2v) is 6.04. The third-order valence-electron chi connectivity index (χ3n) is 3.99. The molecule has 0 unspecified atom stereocenters. The van der Waals surface area contributed by atoms with Gasteiger partial charge in [-0.2, -0.15) is 0 Å². The van der Waals surface area contributed by atoms with Crippen LogP contribution in [0.25, 0.3) is 0 Å². The Hall–Kier alpha value is -2.76. The fourth-order valence-corrected chi connectivity index (χ4v) is 2.48. The molecule has 0 spiro atoms. The largest absolute Gasteiger partial charge is 0.356 e. The lowest BCUT2D eigenvalue weighted by molar-refractivity contribution is -0.130. The maximum Gasteiger partial charge on any atom is 0.221 e. The number of nitrogens with one attached hydrogen (secondary N) is 1. The zero-order valence-electron chi connectivity index (χ0n) is 14.7. The van der Waals surface area contributed by atoms with Crippen LogP contribution >= 0.6 is 0 Å². The van der Waals surface area contributed by atoms with Gasteiger partial charge < -0.3 is 10.2 Å². The molecule has 0 radical (unpaired) electrons. The van der Waals surface area contributed by atoms with Gasteiger partial charge in [0.15, 0.2) is 0 Å². The topological polar surface area (TPSA) is 49.4 Å². The number of amides is 2. The number of hydrogen-bond donors (Lipinski definition) is 1. The summed E-state index contributed by atoms with van der Waals surface area (Å²) in [6, 6.07) is 12.1. The molecule has 0 aliphatic carbocycles. The molecule has 0 saturated carbocycles. The summed E-state index contributed by atoms with van der Waals surface area (Å²) in [6.45, 7) is 2.51. The van der Waals surface area contributed by atoms with Crippen LogP contribution in [0.15, 0.2) is 48.5 Å². The minimum absolute atomic E-state index is 0.145. The summed E-state index contributed by atoms with van der Waals surface area (Å²) < 4.78 is 25.8. The number of rotatable bonds is 8. The Bertz CT molecular complexity index is 730. The Morgan fingerprint density at radius 1 is 0.923 bits per heavy atom. The van der Waals surface area contributed by atoms with Crippen LogP contribution in [0, 0.1) is 11.6 Å². The molecule has 0 fully saturated rings. The molecule has 2 aromatic rings. The molecule has 6 heteroatoms. The van der Waals surface area contributed by atoms with Crippen molar-refractivity contribution in [3.05, 3.63) is 71.3 Å². The smallest absolute Gasteiger partial charge is 0.221 e. The van der Waals surface area contributed by atoms with Gasteiger partial charge in [0.05, 0.1) is 0 Å². The van der Waals surface area contributed by atoms with Crippen LogP contribution in [0.2, 0.25) is 0 Å². The zero-order valence-corrected chi connectivity index (χ0v) is 14.7. The highest BCUT2D eigenvalue weighted by Gasteiger charge is 2.12. The van der Waals surface area contributed by atoms with Crippen molar-refractivity contribution in [2.45, 2.75) is 26.3 Å². The second kappa shape index (κ2) is 9.65. The average molecular weight is 360 g/mol. The van der Waals surface area contributed by atoms with Gasteiger partial charge >= 0.3 is 0 Å². The van der Waals surface area contributed by atoms with Gasteiger partial charge in [-0.3, -0.25) is 9.59 Å². The SMILES string of the molecule is CC(=O)N(CCC(=O)NCCc1ccc(F)cc1)Cc1ccc(F)cc1. The van der Waals surface area contributed by atoms with Gasteiger partial charge in [0.25, 0.3) is 0 Å². The lowest BCUT2D eigenvalue weighted by Crippen LogP contribution is -2.34. The Labute approximate surface area is 151 Å². The first-order valence-electron chi connectivity index (χ1n) is 8.45. The molecule has 2 rings (SSSR count). The molecule has 2 aromatic carbocycles. The third-order valence-corrected chi connectivity index (χ3v) is 3.99. The van der Waals surface area contributed by atoms with E-state index in [-0.39, 0.29) is 36.4 Å². The van der Waals surface area contributed by atoms with Gasteiger partial charge in [-0.05, 0) is 41.8 Å². The minimum atomic E-state index is -0.330. The number of hydrogen-bond acceptors (Lipinski definition) is 2. The number of carbonyl (C=O) groups excluding carboxylic acids is 2. The van der Waals surface area contributed by atoms with Gasteiger partial charge in [0.1, 0.15) is 11.6 Å². The zero-order chi connectivity index (χ0) is 18.9. The number of carbonyl (C=O) groups is 2. The molecule has 0 bridgehead atoms. The third kappa shape index (κ3) is 6.63. The molecule has 2 amide bonds. The van der Waals surface area contributed by atoms with Gasteiger partial charge in [-0.25, -0.2) is 8.78 Å². The van der Waals surface area contributed by atoms with Crippen molar-refractivity contribution in [3.63, 3.8) is 0 Å². The van der Waals surface area contributed by atoms with Crippen LogP contribution in [-0.2, 0) is 22.6 Å². The standard InChI is InChI=1S/C20H22F2N2O2/c1-15(25)24(14-17-4-8-19(22)9-5-17)13-11-20(26)23-12-10-16-2-6-18(21)7-3-16/h2-9H,10-14H2,1H3,(H,23,26). The Morgan fingerprint density at radius 3 is 2.00 bits per heavy atom. The highest BCUT2D eigenvalue weighted by Crippen LogP contribution is 2.08. The van der Waals surface area contributed by atoms with E-state index in [9.17, 15) is 18.4 Å². The van der Waals surface area contributed by atoms with Crippen molar-refractivity contribution in [1.29, 1.82) is 0 Å². The van der Waals surface area contributed by atoms with Gasteiger partial charge in [0.2, 0.25) is 11.8 Å². The Morgan fingerprint density at radius 2 is 1.46 bits per heavy atom. The highest BCUT2D eigenvalue weighted by molar-refractivity contribution is 5.78. The minimum Gasteiger partial charge on any atom is -0.356 e. The maximum atomic E-state index is 12.9. The molecule has 0 aliphatic rings. The number of benzene rings is 2. The van der Waals surface area contributed by atoms with E-state index in [2.05, 4.69) is 5.32 Å². The van der Waals surface area contributed by atoms with Gasteiger partial charge in [-0.15, -0.1) is 0 Å². The van der Waals surface area contributed by atoms with Crippen molar-refractivity contribution in [1.82, 2.24) is 10.2 Å². The van der Waals surface area contributed by atoms with Crippen molar-refractivity contribution < 1.29 is 18.4 Å². The summed E-state index contributed by atoms with van der Waals surface area (Å²) in [4.78, 5) is 25.2. The number of halogens is 2. The molecule has 4 nitrogen and oxygen atoms in total. The monoisotopic (exact) mass is 360 g/mol. The normalized spacial score (nSPS) is 10.4. The van der Waals surface area contributed by atoms with E-state index in [0.717, 1.165) is 11.1 Å². The van der Waals surface area contributed by atoms with E-state index in [0.29, 0.717) is 19.5 Å². The molecule has 0 atom stereocenters. The molecular formula is C20H22F2N2O2. The molecule has 26 heavy (non-hydrogen) atoms. The summed E-state index contributed by atoms with van der Waals surface area (Å²) in [5.41, 5.74) is 1.74.